The summed E-state index contributed by atoms with van der Waals surface area (Å²) in [7, 11) is 0. The van der Waals surface area contributed by atoms with Crippen molar-refractivity contribution >= 4 is 0 Å². The van der Waals surface area contributed by atoms with Crippen LogP contribution < -0.4 is 0 Å². The number of aromatic nitrogens is 2. The molecule has 1 fully saturated rings. The Morgan fingerprint density at radius 1 is 1.31 bits per heavy atom. The van der Waals surface area contributed by atoms with Crippen LogP contribution in [-0.4, -0.2) is 40.7 Å². The molecule has 1 aromatic heterocycles. The van der Waals surface area contributed by atoms with Crippen LogP contribution in [0.5, 0.6) is 0 Å². The van der Waals surface area contributed by atoms with Gasteiger partial charge in [-0.15, -0.1) is 0 Å². The minimum Gasteiger partial charge on any atom is -0.381 e. The molecule has 0 aliphatic carbocycles. The number of nitrogens with zero attached hydrogens (tertiary/aromatic N) is 3. The van der Waals surface area contributed by atoms with E-state index in [1.54, 1.807) is 6.33 Å². The van der Waals surface area contributed by atoms with E-state index in [0.717, 1.165) is 32.7 Å². The summed E-state index contributed by atoms with van der Waals surface area (Å²) in [4.78, 5) is 11.0. The predicted octanol–water partition coefficient (Wildman–Crippen LogP) is 1.01. The van der Waals surface area contributed by atoms with E-state index >= 15 is 0 Å². The number of hydrogen-bond acceptors (Lipinski definition) is 4. The summed E-state index contributed by atoms with van der Waals surface area (Å²) in [6.07, 6.45) is 7.03. The van der Waals surface area contributed by atoms with Gasteiger partial charge in [-0.25, -0.2) is 9.97 Å². The van der Waals surface area contributed by atoms with Crippen LogP contribution in [0.15, 0.2) is 12.5 Å². The van der Waals surface area contributed by atoms with Crippen molar-refractivity contribution in [1.82, 2.24) is 14.9 Å². The lowest BCUT2D eigenvalue weighted by atomic mass is 10.0. The third-order valence-corrected chi connectivity index (χ3v) is 3.60. The molecular formula is C12H17N3O. The van der Waals surface area contributed by atoms with Crippen molar-refractivity contribution < 1.29 is 4.74 Å². The molecule has 2 aliphatic heterocycles. The summed E-state index contributed by atoms with van der Waals surface area (Å²) in [5.74, 6) is 0. The molecule has 4 nitrogen and oxygen atoms in total. The van der Waals surface area contributed by atoms with Crippen molar-refractivity contribution in [3.8, 4) is 0 Å². The smallest absolute Gasteiger partial charge is 0.115 e. The summed E-state index contributed by atoms with van der Waals surface area (Å²) in [5, 5.41) is 0. The average molecular weight is 219 g/mol. The molecule has 86 valence electrons. The standard InChI is InChI=1S/C12H17N3O/c1-4-15(11-2-5-16-6-3-11)8-10-7-13-9-14-12(1)10/h7,9,11H,1-6,8H2. The van der Waals surface area contributed by atoms with Gasteiger partial charge in [0.15, 0.2) is 0 Å². The van der Waals surface area contributed by atoms with E-state index in [9.17, 15) is 0 Å². The zero-order valence-corrected chi connectivity index (χ0v) is 9.43. The van der Waals surface area contributed by atoms with Crippen LogP contribution in [0.25, 0.3) is 0 Å². The lowest BCUT2D eigenvalue weighted by Crippen LogP contribution is -2.42. The minimum absolute atomic E-state index is 0.696. The fraction of sp³-hybridized carbons (Fsp3) is 0.667. The first-order valence-electron chi connectivity index (χ1n) is 6.03. The first-order chi connectivity index (χ1) is 7.93. The maximum absolute atomic E-state index is 5.41. The molecule has 0 unspecified atom stereocenters. The van der Waals surface area contributed by atoms with Gasteiger partial charge >= 0.3 is 0 Å². The van der Waals surface area contributed by atoms with Crippen LogP contribution in [0.4, 0.5) is 0 Å². The Bertz CT molecular complexity index is 363. The van der Waals surface area contributed by atoms with Crippen molar-refractivity contribution in [2.75, 3.05) is 19.8 Å². The van der Waals surface area contributed by atoms with Crippen LogP contribution in [-0.2, 0) is 17.7 Å². The van der Waals surface area contributed by atoms with Gasteiger partial charge in [0.25, 0.3) is 0 Å². The maximum Gasteiger partial charge on any atom is 0.115 e. The highest BCUT2D eigenvalue weighted by atomic mass is 16.5. The normalized spacial score (nSPS) is 23.0. The number of rotatable bonds is 1. The Labute approximate surface area is 95.7 Å². The molecule has 3 rings (SSSR count). The Morgan fingerprint density at radius 2 is 2.19 bits per heavy atom. The van der Waals surface area contributed by atoms with Gasteiger partial charge in [-0.3, -0.25) is 4.90 Å². The summed E-state index contributed by atoms with van der Waals surface area (Å²) < 4.78 is 5.41. The molecule has 0 saturated carbocycles. The topological polar surface area (TPSA) is 38.2 Å². The van der Waals surface area contributed by atoms with Gasteiger partial charge in [-0.1, -0.05) is 0 Å². The van der Waals surface area contributed by atoms with Gasteiger partial charge in [0, 0.05) is 56.2 Å². The molecule has 0 amide bonds. The maximum atomic E-state index is 5.41. The quantitative estimate of drug-likeness (QED) is 0.706. The summed E-state index contributed by atoms with van der Waals surface area (Å²) in [6.45, 7) is 3.98. The van der Waals surface area contributed by atoms with Gasteiger partial charge in [0.2, 0.25) is 0 Å². The minimum atomic E-state index is 0.696. The van der Waals surface area contributed by atoms with Crippen LogP contribution in [0.1, 0.15) is 24.1 Å². The molecule has 2 aliphatic rings. The van der Waals surface area contributed by atoms with E-state index < -0.39 is 0 Å². The lowest BCUT2D eigenvalue weighted by molar-refractivity contribution is 0.0287. The molecule has 3 heterocycles. The third-order valence-electron chi connectivity index (χ3n) is 3.60. The molecule has 0 radical (unpaired) electrons. The molecule has 0 N–H and O–H groups in total. The molecular weight excluding hydrogens is 202 g/mol. The van der Waals surface area contributed by atoms with Crippen LogP contribution >= 0.6 is 0 Å². The van der Waals surface area contributed by atoms with E-state index in [0.29, 0.717) is 6.04 Å². The molecule has 1 aromatic rings. The first-order valence-corrected chi connectivity index (χ1v) is 6.03. The summed E-state index contributed by atoms with van der Waals surface area (Å²) in [5.41, 5.74) is 2.54. The largest absolute Gasteiger partial charge is 0.381 e. The molecule has 0 bridgehead atoms. The lowest BCUT2D eigenvalue weighted by Gasteiger charge is -2.36. The highest BCUT2D eigenvalue weighted by Gasteiger charge is 2.25. The van der Waals surface area contributed by atoms with Crippen LogP contribution in [0.2, 0.25) is 0 Å². The average Bonchev–Trinajstić information content (AvgIpc) is 2.39. The zero-order chi connectivity index (χ0) is 10.8. The van der Waals surface area contributed by atoms with E-state index in [4.69, 9.17) is 4.74 Å². The van der Waals surface area contributed by atoms with E-state index in [1.165, 1.54) is 24.1 Å². The van der Waals surface area contributed by atoms with E-state index in [2.05, 4.69) is 14.9 Å². The fourth-order valence-electron chi connectivity index (χ4n) is 2.65. The van der Waals surface area contributed by atoms with Crippen molar-refractivity contribution in [2.45, 2.75) is 31.8 Å². The van der Waals surface area contributed by atoms with Gasteiger partial charge in [0.05, 0.1) is 0 Å². The van der Waals surface area contributed by atoms with Crippen LogP contribution in [0, 0.1) is 0 Å². The SMILES string of the molecule is c1ncc2c(n1)CCN(C1CCOCC1)C2. The third kappa shape index (κ3) is 1.95. The molecule has 4 heteroatoms. The highest BCUT2D eigenvalue weighted by Crippen LogP contribution is 2.22. The second kappa shape index (κ2) is 4.47. The monoisotopic (exact) mass is 219 g/mol. The molecule has 16 heavy (non-hydrogen) atoms. The summed E-state index contributed by atoms with van der Waals surface area (Å²) >= 11 is 0. The fourth-order valence-corrected chi connectivity index (χ4v) is 2.65. The number of fused-ring (bicyclic) bond motifs is 1. The van der Waals surface area contributed by atoms with Gasteiger partial charge in [-0.2, -0.15) is 0 Å². The van der Waals surface area contributed by atoms with Crippen molar-refractivity contribution in [1.29, 1.82) is 0 Å². The predicted molar refractivity (Wildman–Crippen MR) is 60.0 cm³/mol. The Kier molecular flexibility index (Phi) is 2.84. The summed E-state index contributed by atoms with van der Waals surface area (Å²) in [6, 6.07) is 0.696. The van der Waals surface area contributed by atoms with Gasteiger partial charge in [0.1, 0.15) is 6.33 Å². The highest BCUT2D eigenvalue weighted by molar-refractivity contribution is 5.19. The molecule has 0 atom stereocenters. The van der Waals surface area contributed by atoms with Crippen molar-refractivity contribution in [3.63, 3.8) is 0 Å². The Morgan fingerprint density at radius 3 is 3.06 bits per heavy atom. The number of hydrogen-bond donors (Lipinski definition) is 0. The van der Waals surface area contributed by atoms with Crippen molar-refractivity contribution in [3.05, 3.63) is 23.8 Å². The van der Waals surface area contributed by atoms with Crippen molar-refractivity contribution in [2.24, 2.45) is 0 Å². The first kappa shape index (κ1) is 10.2. The second-order valence-corrected chi connectivity index (χ2v) is 4.56. The van der Waals surface area contributed by atoms with Gasteiger partial charge < -0.3 is 4.74 Å². The number of ether oxygens (including phenoxy) is 1. The Hall–Kier alpha value is -1.00. The Balaban J connectivity index is 1.72. The van der Waals surface area contributed by atoms with Gasteiger partial charge in [-0.05, 0) is 12.8 Å². The molecule has 0 spiro atoms. The van der Waals surface area contributed by atoms with E-state index in [1.807, 2.05) is 6.20 Å². The molecule has 0 aromatic carbocycles. The van der Waals surface area contributed by atoms with E-state index in [-0.39, 0.29) is 0 Å². The second-order valence-electron chi connectivity index (χ2n) is 4.56. The molecule has 1 saturated heterocycles. The zero-order valence-electron chi connectivity index (χ0n) is 9.43. The van der Waals surface area contributed by atoms with Crippen LogP contribution in [0.3, 0.4) is 0 Å².